The molecule has 84 valence electrons. The van der Waals surface area contributed by atoms with Crippen LogP contribution in [0.1, 0.15) is 24.2 Å². The summed E-state index contributed by atoms with van der Waals surface area (Å²) in [5.74, 6) is 0.921. The van der Waals surface area contributed by atoms with Crippen LogP contribution in [0.2, 0.25) is 0 Å². The molecule has 0 spiro atoms. The summed E-state index contributed by atoms with van der Waals surface area (Å²) in [5, 5.41) is 0.929. The molecule has 0 fully saturated rings. The first-order valence-electron chi connectivity index (χ1n) is 5.33. The second-order valence-corrected chi connectivity index (χ2v) is 4.10. The van der Waals surface area contributed by atoms with E-state index in [2.05, 4.69) is 4.98 Å². The summed E-state index contributed by atoms with van der Waals surface area (Å²) in [6.45, 7) is 3.81. The number of Topliss-reactive ketones (excluding diaryl/α,β-unsaturated/α-hetero) is 1. The van der Waals surface area contributed by atoms with Crippen LogP contribution in [0.4, 0.5) is 0 Å². The molecule has 1 N–H and O–H groups in total. The van der Waals surface area contributed by atoms with Gasteiger partial charge in [-0.25, -0.2) is 0 Å². The normalized spacial score (nSPS) is 11.0. The third kappa shape index (κ3) is 1.58. The van der Waals surface area contributed by atoms with Gasteiger partial charge in [-0.3, -0.25) is 4.79 Å². The molecule has 3 nitrogen and oxygen atoms in total. The molecule has 0 aliphatic heterocycles. The maximum atomic E-state index is 12.0. The molecule has 0 saturated heterocycles. The standard InChI is InChI=1S/C13H15NO2/c1-8(2)13(15)10-7-14-12-9(10)5-4-6-11(12)16-3/h4-8,14H,1-3H3. The topological polar surface area (TPSA) is 42.1 Å². The van der Waals surface area contributed by atoms with E-state index in [1.165, 1.54) is 0 Å². The Bertz CT molecular complexity index is 526. The van der Waals surface area contributed by atoms with Crippen molar-refractivity contribution in [2.75, 3.05) is 7.11 Å². The summed E-state index contributed by atoms with van der Waals surface area (Å²) in [6, 6.07) is 5.71. The number of methoxy groups -OCH3 is 1. The lowest BCUT2D eigenvalue weighted by Gasteiger charge is -2.03. The van der Waals surface area contributed by atoms with E-state index in [1.54, 1.807) is 13.3 Å². The molecule has 2 aromatic rings. The van der Waals surface area contributed by atoms with Crippen molar-refractivity contribution in [3.8, 4) is 5.75 Å². The molecule has 0 radical (unpaired) electrons. The van der Waals surface area contributed by atoms with Gasteiger partial charge in [0, 0.05) is 23.1 Å². The summed E-state index contributed by atoms with van der Waals surface area (Å²) < 4.78 is 5.24. The van der Waals surface area contributed by atoms with Crippen LogP contribution in [0.15, 0.2) is 24.4 Å². The highest BCUT2D eigenvalue weighted by atomic mass is 16.5. The summed E-state index contributed by atoms with van der Waals surface area (Å²) in [4.78, 5) is 15.1. The van der Waals surface area contributed by atoms with Crippen molar-refractivity contribution < 1.29 is 9.53 Å². The van der Waals surface area contributed by atoms with Crippen LogP contribution >= 0.6 is 0 Å². The number of carbonyl (C=O) groups is 1. The number of H-pyrrole nitrogens is 1. The predicted molar refractivity (Wildman–Crippen MR) is 64.0 cm³/mol. The molecular formula is C13H15NO2. The average molecular weight is 217 g/mol. The monoisotopic (exact) mass is 217 g/mol. The van der Waals surface area contributed by atoms with Crippen molar-refractivity contribution in [1.82, 2.24) is 4.98 Å². The molecule has 0 saturated carbocycles. The number of ketones is 1. The third-order valence-electron chi connectivity index (χ3n) is 2.69. The van der Waals surface area contributed by atoms with Crippen LogP contribution in [-0.4, -0.2) is 17.9 Å². The number of benzene rings is 1. The average Bonchev–Trinajstić information content (AvgIpc) is 2.71. The summed E-state index contributed by atoms with van der Waals surface area (Å²) in [7, 11) is 1.62. The number of aromatic nitrogens is 1. The zero-order chi connectivity index (χ0) is 11.7. The molecule has 1 heterocycles. The molecule has 3 heteroatoms. The van der Waals surface area contributed by atoms with E-state index in [0.29, 0.717) is 0 Å². The molecule has 0 bridgehead atoms. The Morgan fingerprint density at radius 3 is 2.75 bits per heavy atom. The molecule has 1 aromatic heterocycles. The SMILES string of the molecule is COc1cccc2c(C(=O)C(C)C)c[nH]c12. The highest BCUT2D eigenvalue weighted by Crippen LogP contribution is 2.28. The van der Waals surface area contributed by atoms with Crippen molar-refractivity contribution in [3.63, 3.8) is 0 Å². The molecule has 0 aliphatic rings. The van der Waals surface area contributed by atoms with Gasteiger partial charge in [0.05, 0.1) is 12.6 Å². The van der Waals surface area contributed by atoms with Gasteiger partial charge in [-0.2, -0.15) is 0 Å². The summed E-state index contributed by atoms with van der Waals surface area (Å²) >= 11 is 0. The van der Waals surface area contributed by atoms with E-state index in [9.17, 15) is 4.79 Å². The smallest absolute Gasteiger partial charge is 0.167 e. The van der Waals surface area contributed by atoms with Gasteiger partial charge in [0.15, 0.2) is 5.78 Å². The van der Waals surface area contributed by atoms with Gasteiger partial charge in [-0.1, -0.05) is 26.0 Å². The van der Waals surface area contributed by atoms with Crippen LogP contribution in [0.25, 0.3) is 10.9 Å². The zero-order valence-corrected chi connectivity index (χ0v) is 9.70. The number of fused-ring (bicyclic) bond motifs is 1. The van der Waals surface area contributed by atoms with Gasteiger partial charge in [0.1, 0.15) is 5.75 Å². The van der Waals surface area contributed by atoms with E-state index >= 15 is 0 Å². The minimum Gasteiger partial charge on any atom is -0.495 e. The summed E-state index contributed by atoms with van der Waals surface area (Å²) in [5.41, 5.74) is 1.62. The van der Waals surface area contributed by atoms with E-state index in [-0.39, 0.29) is 11.7 Å². The van der Waals surface area contributed by atoms with E-state index in [1.807, 2.05) is 32.0 Å². The lowest BCUT2D eigenvalue weighted by Crippen LogP contribution is -2.06. The van der Waals surface area contributed by atoms with Gasteiger partial charge < -0.3 is 9.72 Å². The number of hydrogen-bond donors (Lipinski definition) is 1. The van der Waals surface area contributed by atoms with Crippen LogP contribution in [0.3, 0.4) is 0 Å². The molecule has 1 aromatic carbocycles. The Labute approximate surface area is 94.4 Å². The predicted octanol–water partition coefficient (Wildman–Crippen LogP) is 3.02. The maximum absolute atomic E-state index is 12.0. The quantitative estimate of drug-likeness (QED) is 0.803. The number of rotatable bonds is 3. The first kappa shape index (κ1) is 10.7. The molecule has 0 unspecified atom stereocenters. The molecular weight excluding hydrogens is 202 g/mol. The fourth-order valence-electron chi connectivity index (χ4n) is 1.81. The van der Waals surface area contributed by atoms with Gasteiger partial charge in [-0.05, 0) is 6.07 Å². The Hall–Kier alpha value is -1.77. The minimum atomic E-state index is 0.00482. The largest absolute Gasteiger partial charge is 0.495 e. The third-order valence-corrected chi connectivity index (χ3v) is 2.69. The van der Waals surface area contributed by atoms with Crippen molar-refractivity contribution in [1.29, 1.82) is 0 Å². The Balaban J connectivity index is 2.62. The fraction of sp³-hybridized carbons (Fsp3) is 0.308. The van der Waals surface area contributed by atoms with Crippen LogP contribution < -0.4 is 4.74 Å². The van der Waals surface area contributed by atoms with Gasteiger partial charge in [0.2, 0.25) is 0 Å². The minimum absolute atomic E-state index is 0.00482. The Kier molecular flexibility index (Phi) is 2.69. The van der Waals surface area contributed by atoms with Gasteiger partial charge >= 0.3 is 0 Å². The van der Waals surface area contributed by atoms with Crippen LogP contribution in [-0.2, 0) is 0 Å². The number of nitrogens with one attached hydrogen (secondary N) is 1. The van der Waals surface area contributed by atoms with Crippen LogP contribution in [0.5, 0.6) is 5.75 Å². The Morgan fingerprint density at radius 1 is 1.38 bits per heavy atom. The summed E-state index contributed by atoms with van der Waals surface area (Å²) in [6.07, 6.45) is 1.76. The Morgan fingerprint density at radius 2 is 2.12 bits per heavy atom. The lowest BCUT2D eigenvalue weighted by molar-refractivity contribution is 0.0941. The number of carbonyl (C=O) groups excluding carboxylic acids is 1. The number of para-hydroxylation sites is 1. The maximum Gasteiger partial charge on any atom is 0.167 e. The molecule has 0 atom stereocenters. The molecule has 0 amide bonds. The van der Waals surface area contributed by atoms with Gasteiger partial charge in [-0.15, -0.1) is 0 Å². The highest BCUT2D eigenvalue weighted by Gasteiger charge is 2.16. The number of hydrogen-bond acceptors (Lipinski definition) is 2. The molecule has 16 heavy (non-hydrogen) atoms. The van der Waals surface area contributed by atoms with Crippen molar-refractivity contribution >= 4 is 16.7 Å². The van der Waals surface area contributed by atoms with Crippen molar-refractivity contribution in [3.05, 3.63) is 30.0 Å². The van der Waals surface area contributed by atoms with Gasteiger partial charge in [0.25, 0.3) is 0 Å². The number of ether oxygens (including phenoxy) is 1. The molecule has 2 rings (SSSR count). The zero-order valence-electron chi connectivity index (χ0n) is 9.70. The van der Waals surface area contributed by atoms with E-state index < -0.39 is 0 Å². The second kappa shape index (κ2) is 4.00. The van der Waals surface area contributed by atoms with Crippen LogP contribution in [0, 0.1) is 5.92 Å². The van der Waals surface area contributed by atoms with E-state index in [4.69, 9.17) is 4.74 Å². The molecule has 0 aliphatic carbocycles. The van der Waals surface area contributed by atoms with E-state index in [0.717, 1.165) is 22.2 Å². The lowest BCUT2D eigenvalue weighted by atomic mass is 10.0. The first-order valence-corrected chi connectivity index (χ1v) is 5.33. The van der Waals surface area contributed by atoms with Crippen molar-refractivity contribution in [2.45, 2.75) is 13.8 Å². The number of aromatic amines is 1. The second-order valence-electron chi connectivity index (χ2n) is 4.10. The van der Waals surface area contributed by atoms with Crippen molar-refractivity contribution in [2.24, 2.45) is 5.92 Å². The highest BCUT2D eigenvalue weighted by molar-refractivity contribution is 6.09. The first-order chi connectivity index (χ1) is 7.65. The fourth-order valence-corrected chi connectivity index (χ4v) is 1.81.